The highest BCUT2D eigenvalue weighted by Crippen LogP contribution is 2.22. The third kappa shape index (κ3) is 3.79. The maximum absolute atomic E-state index is 12.3. The third-order valence-electron chi connectivity index (χ3n) is 3.34. The molecule has 116 valence electrons. The minimum absolute atomic E-state index is 0.0726. The van der Waals surface area contributed by atoms with E-state index in [9.17, 15) is 13.2 Å². The van der Waals surface area contributed by atoms with Crippen LogP contribution in [0.5, 0.6) is 0 Å². The normalized spacial score (nSPS) is 22.2. The molecule has 0 saturated carbocycles. The van der Waals surface area contributed by atoms with E-state index in [0.29, 0.717) is 13.2 Å². The number of amides is 1. The number of hydrogen-bond donors (Lipinski definition) is 3. The summed E-state index contributed by atoms with van der Waals surface area (Å²) in [6, 6.07) is 5.98. The highest BCUT2D eigenvalue weighted by Gasteiger charge is 2.34. The van der Waals surface area contributed by atoms with Gasteiger partial charge in [-0.15, -0.1) is 0 Å². The van der Waals surface area contributed by atoms with Crippen LogP contribution in [-0.2, 0) is 19.6 Å². The lowest BCUT2D eigenvalue weighted by atomic mass is 10.0. The number of primary sulfonamides is 1. The highest BCUT2D eigenvalue weighted by atomic mass is 32.2. The minimum Gasteiger partial charge on any atom is -0.379 e. The fourth-order valence-corrected chi connectivity index (χ4v) is 3.01. The summed E-state index contributed by atoms with van der Waals surface area (Å²) in [7, 11) is -3.89. The van der Waals surface area contributed by atoms with Crippen LogP contribution >= 0.6 is 0 Å². The molecule has 21 heavy (non-hydrogen) atoms. The second kappa shape index (κ2) is 6.52. The van der Waals surface area contributed by atoms with E-state index in [2.05, 4.69) is 10.6 Å². The van der Waals surface area contributed by atoms with Gasteiger partial charge in [0, 0.05) is 6.04 Å². The molecule has 0 aliphatic carbocycles. The Morgan fingerprint density at radius 1 is 1.38 bits per heavy atom. The average Bonchev–Trinajstić information content (AvgIpc) is 2.87. The predicted molar refractivity (Wildman–Crippen MR) is 78.2 cm³/mol. The number of benzene rings is 1. The van der Waals surface area contributed by atoms with Gasteiger partial charge in [0.2, 0.25) is 15.9 Å². The van der Waals surface area contributed by atoms with Crippen LogP contribution in [0.15, 0.2) is 29.2 Å². The van der Waals surface area contributed by atoms with Gasteiger partial charge in [-0.05, 0) is 18.7 Å². The van der Waals surface area contributed by atoms with Gasteiger partial charge in [0.1, 0.15) is 4.90 Å². The first kappa shape index (κ1) is 15.9. The van der Waals surface area contributed by atoms with Crippen LogP contribution < -0.4 is 15.8 Å². The summed E-state index contributed by atoms with van der Waals surface area (Å²) in [6.07, 6.45) is 0. The Kier molecular flexibility index (Phi) is 4.94. The molecule has 1 aromatic carbocycles. The lowest BCUT2D eigenvalue weighted by Gasteiger charge is -2.18. The first-order valence-corrected chi connectivity index (χ1v) is 8.22. The number of sulfonamides is 1. The molecule has 1 amide bonds. The van der Waals surface area contributed by atoms with Crippen molar-refractivity contribution in [3.8, 4) is 0 Å². The Balaban J connectivity index is 2.17. The summed E-state index contributed by atoms with van der Waals surface area (Å²) >= 11 is 0. The zero-order valence-corrected chi connectivity index (χ0v) is 12.5. The fraction of sp³-hybridized carbons (Fsp3) is 0.462. The van der Waals surface area contributed by atoms with Gasteiger partial charge in [0.15, 0.2) is 0 Å². The summed E-state index contributed by atoms with van der Waals surface area (Å²) in [5, 5.41) is 11.0. The van der Waals surface area contributed by atoms with Crippen molar-refractivity contribution >= 4 is 21.6 Å². The van der Waals surface area contributed by atoms with E-state index >= 15 is 0 Å². The third-order valence-corrected chi connectivity index (χ3v) is 4.30. The zero-order valence-electron chi connectivity index (χ0n) is 11.7. The number of nitrogens with one attached hydrogen (secondary N) is 2. The van der Waals surface area contributed by atoms with Crippen molar-refractivity contribution < 1.29 is 17.9 Å². The van der Waals surface area contributed by atoms with Crippen LogP contribution in [0, 0.1) is 5.92 Å². The summed E-state index contributed by atoms with van der Waals surface area (Å²) < 4.78 is 28.3. The lowest BCUT2D eigenvalue weighted by Crippen LogP contribution is -2.41. The predicted octanol–water partition coefficient (Wildman–Crippen LogP) is -0.103. The molecule has 7 nitrogen and oxygen atoms in total. The quantitative estimate of drug-likeness (QED) is 0.703. The molecule has 2 rings (SSSR count). The van der Waals surface area contributed by atoms with E-state index in [4.69, 9.17) is 9.88 Å². The molecule has 2 atom stereocenters. The lowest BCUT2D eigenvalue weighted by molar-refractivity contribution is -0.120. The van der Waals surface area contributed by atoms with E-state index in [1.807, 2.05) is 6.92 Å². The Morgan fingerprint density at radius 2 is 2.10 bits per heavy atom. The van der Waals surface area contributed by atoms with Crippen molar-refractivity contribution in [1.29, 1.82) is 0 Å². The van der Waals surface area contributed by atoms with Gasteiger partial charge in [0.05, 0.1) is 24.8 Å². The monoisotopic (exact) mass is 313 g/mol. The number of carbonyl (C=O) groups is 1. The number of ether oxygens (including phenoxy) is 1. The van der Waals surface area contributed by atoms with Gasteiger partial charge in [-0.3, -0.25) is 4.79 Å². The minimum atomic E-state index is -3.89. The van der Waals surface area contributed by atoms with Gasteiger partial charge in [-0.1, -0.05) is 19.1 Å². The van der Waals surface area contributed by atoms with Gasteiger partial charge in [-0.25, -0.2) is 13.6 Å². The Bertz CT molecular complexity index is 618. The van der Waals surface area contributed by atoms with Crippen LogP contribution in [0.25, 0.3) is 0 Å². The van der Waals surface area contributed by atoms with Crippen LogP contribution in [-0.4, -0.2) is 40.1 Å². The van der Waals surface area contributed by atoms with Crippen molar-refractivity contribution in [1.82, 2.24) is 5.32 Å². The Hall–Kier alpha value is -1.48. The van der Waals surface area contributed by atoms with E-state index in [-0.39, 0.29) is 28.4 Å². The van der Waals surface area contributed by atoms with Crippen molar-refractivity contribution in [2.45, 2.75) is 17.9 Å². The molecule has 1 saturated heterocycles. The van der Waals surface area contributed by atoms with Gasteiger partial charge in [0.25, 0.3) is 0 Å². The molecule has 1 fully saturated rings. The second-order valence-electron chi connectivity index (χ2n) is 4.84. The molecule has 0 bridgehead atoms. The number of anilines is 1. The molecule has 1 heterocycles. The molecule has 1 aliphatic rings. The molecule has 4 N–H and O–H groups in total. The highest BCUT2D eigenvalue weighted by molar-refractivity contribution is 7.89. The molecular formula is C13H19N3O4S. The standard InChI is InChI=1S/C13H19N3O4S/c1-2-15-11-8-20-7-9(11)13(17)16-10-5-3-4-6-12(10)21(14,18)19/h3-6,9,11,15H,2,7-8H2,1H3,(H,16,17)(H2,14,18,19). The zero-order chi connectivity index (χ0) is 15.5. The number of nitrogens with two attached hydrogens (primary N) is 1. The summed E-state index contributed by atoms with van der Waals surface area (Å²) in [6.45, 7) is 3.44. The summed E-state index contributed by atoms with van der Waals surface area (Å²) in [4.78, 5) is 12.2. The molecule has 0 radical (unpaired) electrons. The maximum Gasteiger partial charge on any atom is 0.240 e. The number of rotatable bonds is 5. The SMILES string of the molecule is CCNC1COCC1C(=O)Nc1ccccc1S(N)(=O)=O. The first-order valence-electron chi connectivity index (χ1n) is 6.67. The van der Waals surface area contributed by atoms with E-state index in [1.54, 1.807) is 12.1 Å². The Morgan fingerprint density at radius 3 is 2.76 bits per heavy atom. The second-order valence-corrected chi connectivity index (χ2v) is 6.37. The molecule has 0 spiro atoms. The molecule has 0 aromatic heterocycles. The average molecular weight is 313 g/mol. The topological polar surface area (TPSA) is 111 Å². The van der Waals surface area contributed by atoms with Crippen LogP contribution in [0.2, 0.25) is 0 Å². The van der Waals surface area contributed by atoms with Gasteiger partial charge < -0.3 is 15.4 Å². The number of likely N-dealkylation sites (N-methyl/N-ethyl adjacent to an activating group) is 1. The number of carbonyl (C=O) groups excluding carboxylic acids is 1. The summed E-state index contributed by atoms with van der Waals surface area (Å²) in [5.74, 6) is -0.645. The van der Waals surface area contributed by atoms with Crippen molar-refractivity contribution in [3.63, 3.8) is 0 Å². The largest absolute Gasteiger partial charge is 0.379 e. The molecular weight excluding hydrogens is 294 g/mol. The Labute approximate surface area is 123 Å². The van der Waals surface area contributed by atoms with Crippen LogP contribution in [0.4, 0.5) is 5.69 Å². The summed E-state index contributed by atoms with van der Waals surface area (Å²) in [5.41, 5.74) is 0.187. The smallest absolute Gasteiger partial charge is 0.240 e. The van der Waals surface area contributed by atoms with Crippen LogP contribution in [0.1, 0.15) is 6.92 Å². The molecule has 1 aromatic rings. The molecule has 2 unspecified atom stereocenters. The van der Waals surface area contributed by atoms with Crippen molar-refractivity contribution in [2.24, 2.45) is 11.1 Å². The molecule has 1 aliphatic heterocycles. The first-order chi connectivity index (χ1) is 9.93. The van der Waals surface area contributed by atoms with E-state index in [0.717, 1.165) is 6.54 Å². The maximum atomic E-state index is 12.3. The van der Waals surface area contributed by atoms with Gasteiger partial charge in [-0.2, -0.15) is 0 Å². The van der Waals surface area contributed by atoms with Crippen LogP contribution in [0.3, 0.4) is 0 Å². The van der Waals surface area contributed by atoms with Crippen molar-refractivity contribution in [3.05, 3.63) is 24.3 Å². The van der Waals surface area contributed by atoms with E-state index < -0.39 is 10.0 Å². The number of para-hydroxylation sites is 1. The van der Waals surface area contributed by atoms with E-state index in [1.165, 1.54) is 12.1 Å². The van der Waals surface area contributed by atoms with Crippen molar-refractivity contribution in [2.75, 3.05) is 25.1 Å². The van der Waals surface area contributed by atoms with Gasteiger partial charge >= 0.3 is 0 Å². The fourth-order valence-electron chi connectivity index (χ4n) is 2.32. The number of hydrogen-bond acceptors (Lipinski definition) is 5. The molecule has 8 heteroatoms.